The molecule has 0 bridgehead atoms. The van der Waals surface area contributed by atoms with Gasteiger partial charge in [-0.05, 0) is 18.2 Å². The zero-order chi connectivity index (χ0) is 17.1. The molecule has 0 N–H and O–H groups in total. The summed E-state index contributed by atoms with van der Waals surface area (Å²) in [6, 6.07) is 15.2. The Bertz CT molecular complexity index is 946. The van der Waals surface area contributed by atoms with E-state index in [0.29, 0.717) is 16.3 Å². The van der Waals surface area contributed by atoms with Crippen LogP contribution >= 0.6 is 11.3 Å². The van der Waals surface area contributed by atoms with Crippen molar-refractivity contribution in [2.45, 2.75) is 0 Å². The van der Waals surface area contributed by atoms with Crippen LogP contribution in [0.3, 0.4) is 0 Å². The molecule has 4 rings (SSSR count). The number of benzene rings is 1. The first-order valence-electron chi connectivity index (χ1n) is 7.95. The van der Waals surface area contributed by atoms with Gasteiger partial charge in [-0.3, -0.25) is 9.78 Å². The first-order valence-corrected chi connectivity index (χ1v) is 8.76. The summed E-state index contributed by atoms with van der Waals surface area (Å²) in [6.07, 6.45) is 9.64. The summed E-state index contributed by atoms with van der Waals surface area (Å²) in [6.45, 7) is 0.745. The van der Waals surface area contributed by atoms with Crippen molar-refractivity contribution in [2.75, 3.05) is 11.4 Å². The quantitative estimate of drug-likeness (QED) is 0.661. The van der Waals surface area contributed by atoms with Gasteiger partial charge in [0.1, 0.15) is 10.6 Å². The maximum atomic E-state index is 13.0. The Labute approximate surface area is 149 Å². The van der Waals surface area contributed by atoms with Gasteiger partial charge in [0.05, 0.1) is 5.69 Å². The summed E-state index contributed by atoms with van der Waals surface area (Å²) in [5.41, 5.74) is 2.07. The monoisotopic (exact) mass is 345 g/mol. The van der Waals surface area contributed by atoms with Crippen LogP contribution in [0, 0.1) is 0 Å². The van der Waals surface area contributed by atoms with E-state index in [-0.39, 0.29) is 5.78 Å². The number of anilines is 1. The third-order valence-corrected chi connectivity index (χ3v) is 4.92. The number of pyridine rings is 1. The molecule has 1 aliphatic heterocycles. The molecule has 0 unspecified atom stereocenters. The van der Waals surface area contributed by atoms with Crippen LogP contribution in [0.15, 0.2) is 79.2 Å². The van der Waals surface area contributed by atoms with E-state index in [0.717, 1.165) is 17.2 Å². The molecule has 4 nitrogen and oxygen atoms in total. The van der Waals surface area contributed by atoms with Crippen LogP contribution in [-0.2, 0) is 0 Å². The zero-order valence-electron chi connectivity index (χ0n) is 13.4. The Morgan fingerprint density at radius 1 is 1.04 bits per heavy atom. The third-order valence-electron chi connectivity index (χ3n) is 3.83. The van der Waals surface area contributed by atoms with Crippen LogP contribution in [0.5, 0.6) is 0 Å². The van der Waals surface area contributed by atoms with Gasteiger partial charge in [-0.2, -0.15) is 0 Å². The molecule has 0 radical (unpaired) electrons. The molecule has 1 aromatic carbocycles. The van der Waals surface area contributed by atoms with Crippen molar-refractivity contribution in [1.82, 2.24) is 9.97 Å². The fourth-order valence-corrected chi connectivity index (χ4v) is 3.63. The van der Waals surface area contributed by atoms with Crippen LogP contribution < -0.4 is 4.90 Å². The molecule has 0 saturated heterocycles. The average molecular weight is 345 g/mol. The molecule has 0 atom stereocenters. The predicted molar refractivity (Wildman–Crippen MR) is 101 cm³/mol. The fraction of sp³-hybridized carbons (Fsp3) is 0.0500. The van der Waals surface area contributed by atoms with Gasteiger partial charge in [0.25, 0.3) is 0 Å². The normalized spacial score (nSPS) is 13.2. The molecule has 3 aromatic rings. The number of rotatable bonds is 4. The van der Waals surface area contributed by atoms with Crippen molar-refractivity contribution in [1.29, 1.82) is 0 Å². The van der Waals surface area contributed by atoms with Crippen LogP contribution in [0.2, 0.25) is 0 Å². The number of carbonyl (C=O) groups excluding carboxylic acids is 1. The van der Waals surface area contributed by atoms with Gasteiger partial charge < -0.3 is 4.90 Å². The summed E-state index contributed by atoms with van der Waals surface area (Å²) >= 11 is 1.40. The molecule has 2 aromatic heterocycles. The Kier molecular flexibility index (Phi) is 4.23. The van der Waals surface area contributed by atoms with Gasteiger partial charge in [0, 0.05) is 24.5 Å². The van der Waals surface area contributed by atoms with Gasteiger partial charge >= 0.3 is 0 Å². The van der Waals surface area contributed by atoms with Gasteiger partial charge in [-0.1, -0.05) is 59.9 Å². The molecule has 5 heteroatoms. The second-order valence-electron chi connectivity index (χ2n) is 5.51. The number of nitrogens with zero attached hydrogens (tertiary/aromatic N) is 3. The van der Waals surface area contributed by atoms with E-state index in [9.17, 15) is 4.79 Å². The molecule has 0 saturated carbocycles. The lowest BCUT2D eigenvalue weighted by molar-refractivity contribution is 0.103. The fourth-order valence-electron chi connectivity index (χ4n) is 2.60. The SMILES string of the molecule is O=C(c1ccccn1)c1sc(N2C=CC=CC2)nc1-c1ccccc1. The van der Waals surface area contributed by atoms with Crippen LogP contribution in [0.1, 0.15) is 15.4 Å². The smallest absolute Gasteiger partial charge is 0.223 e. The lowest BCUT2D eigenvalue weighted by Crippen LogP contribution is -2.16. The van der Waals surface area contributed by atoms with Crippen molar-refractivity contribution >= 4 is 22.3 Å². The van der Waals surface area contributed by atoms with Crippen molar-refractivity contribution in [3.05, 3.63) is 89.7 Å². The molecular weight excluding hydrogens is 330 g/mol. The summed E-state index contributed by atoms with van der Waals surface area (Å²) in [5.74, 6) is -0.0975. The van der Waals surface area contributed by atoms with Gasteiger partial charge in [-0.25, -0.2) is 4.98 Å². The van der Waals surface area contributed by atoms with E-state index in [1.807, 2.05) is 59.7 Å². The first-order chi connectivity index (χ1) is 12.3. The molecule has 25 heavy (non-hydrogen) atoms. The van der Waals surface area contributed by atoms with E-state index in [1.54, 1.807) is 18.3 Å². The predicted octanol–water partition coefficient (Wildman–Crippen LogP) is 4.33. The number of aromatic nitrogens is 2. The summed E-state index contributed by atoms with van der Waals surface area (Å²) in [7, 11) is 0. The zero-order valence-corrected chi connectivity index (χ0v) is 14.2. The van der Waals surface area contributed by atoms with Crippen molar-refractivity contribution in [3.8, 4) is 11.3 Å². The van der Waals surface area contributed by atoms with Crippen molar-refractivity contribution in [2.24, 2.45) is 0 Å². The highest BCUT2D eigenvalue weighted by Crippen LogP contribution is 2.35. The van der Waals surface area contributed by atoms with E-state index >= 15 is 0 Å². The number of allylic oxidation sites excluding steroid dienone is 2. The lowest BCUT2D eigenvalue weighted by atomic mass is 10.1. The second-order valence-corrected chi connectivity index (χ2v) is 6.48. The minimum atomic E-state index is -0.0975. The van der Waals surface area contributed by atoms with Crippen LogP contribution in [0.25, 0.3) is 11.3 Å². The second kappa shape index (κ2) is 6.83. The summed E-state index contributed by atoms with van der Waals surface area (Å²) in [4.78, 5) is 24.6. The molecule has 0 fully saturated rings. The Balaban J connectivity index is 1.81. The summed E-state index contributed by atoms with van der Waals surface area (Å²) in [5, 5.41) is 0.804. The van der Waals surface area contributed by atoms with Gasteiger partial charge in [-0.15, -0.1) is 0 Å². The molecule has 0 aliphatic carbocycles. The van der Waals surface area contributed by atoms with Crippen LogP contribution in [0.4, 0.5) is 5.13 Å². The molecule has 0 spiro atoms. The minimum absolute atomic E-state index is 0.0975. The number of hydrogen-bond acceptors (Lipinski definition) is 5. The number of hydrogen-bond donors (Lipinski definition) is 0. The first kappa shape index (κ1) is 15.5. The van der Waals surface area contributed by atoms with E-state index in [2.05, 4.69) is 11.1 Å². The summed E-state index contributed by atoms with van der Waals surface area (Å²) < 4.78 is 0. The van der Waals surface area contributed by atoms with E-state index in [1.165, 1.54) is 11.3 Å². The highest BCUT2D eigenvalue weighted by Gasteiger charge is 2.23. The Morgan fingerprint density at radius 3 is 2.60 bits per heavy atom. The van der Waals surface area contributed by atoms with E-state index in [4.69, 9.17) is 4.98 Å². The van der Waals surface area contributed by atoms with Gasteiger partial charge in [0.2, 0.25) is 5.78 Å². The van der Waals surface area contributed by atoms with Gasteiger partial charge in [0.15, 0.2) is 5.13 Å². The highest BCUT2D eigenvalue weighted by atomic mass is 32.1. The average Bonchev–Trinajstić information content (AvgIpc) is 3.15. The molecule has 122 valence electrons. The molecule has 0 amide bonds. The largest absolute Gasteiger partial charge is 0.321 e. The minimum Gasteiger partial charge on any atom is -0.321 e. The topological polar surface area (TPSA) is 46.1 Å². The molecule has 3 heterocycles. The maximum Gasteiger partial charge on any atom is 0.223 e. The third kappa shape index (κ3) is 3.14. The van der Waals surface area contributed by atoms with Crippen molar-refractivity contribution in [3.63, 3.8) is 0 Å². The molecule has 1 aliphatic rings. The van der Waals surface area contributed by atoms with Crippen molar-refractivity contribution < 1.29 is 4.79 Å². The number of ketones is 1. The standard InChI is InChI=1S/C20H15N3OS/c24-18(16-11-5-6-12-21-16)19-17(15-9-3-1-4-10-15)22-20(25-19)23-13-7-2-8-14-23/h1-13H,14H2. The Hall–Kier alpha value is -3.05. The van der Waals surface area contributed by atoms with E-state index < -0.39 is 0 Å². The highest BCUT2D eigenvalue weighted by molar-refractivity contribution is 7.18. The Morgan fingerprint density at radius 2 is 1.88 bits per heavy atom. The molecular formula is C20H15N3OS. The lowest BCUT2D eigenvalue weighted by Gasteiger charge is -2.16. The van der Waals surface area contributed by atoms with Crippen LogP contribution in [-0.4, -0.2) is 22.3 Å². The number of thiazole rings is 1. The maximum absolute atomic E-state index is 13.0. The number of carbonyl (C=O) groups is 1.